The molecule has 17 heavy (non-hydrogen) atoms. The van der Waals surface area contributed by atoms with Gasteiger partial charge in [0, 0.05) is 6.20 Å². The van der Waals surface area contributed by atoms with E-state index in [0.29, 0.717) is 24.3 Å². The summed E-state index contributed by atoms with van der Waals surface area (Å²) in [5.74, 6) is -0.260. The van der Waals surface area contributed by atoms with Crippen LogP contribution in [-0.2, 0) is 9.53 Å². The van der Waals surface area contributed by atoms with Crippen LogP contribution >= 0.6 is 0 Å². The summed E-state index contributed by atoms with van der Waals surface area (Å²) in [7, 11) is 0. The SMILES string of the molecule is O=C(O)C1CCC(c2nc3ncccc3[nH]2)O1. The van der Waals surface area contributed by atoms with Gasteiger partial charge in [0.15, 0.2) is 11.8 Å². The number of nitrogens with zero attached hydrogens (tertiary/aromatic N) is 2. The molecule has 1 saturated heterocycles. The van der Waals surface area contributed by atoms with E-state index in [0.717, 1.165) is 5.52 Å². The van der Waals surface area contributed by atoms with Gasteiger partial charge in [-0.05, 0) is 25.0 Å². The van der Waals surface area contributed by atoms with Gasteiger partial charge in [0.2, 0.25) is 0 Å². The van der Waals surface area contributed by atoms with Crippen LogP contribution in [0.15, 0.2) is 18.3 Å². The molecule has 3 rings (SSSR count). The molecule has 2 N–H and O–H groups in total. The first-order valence-corrected chi connectivity index (χ1v) is 5.43. The second-order valence-corrected chi connectivity index (χ2v) is 4.03. The third-order valence-electron chi connectivity index (χ3n) is 2.88. The molecule has 3 heterocycles. The molecule has 0 saturated carbocycles. The van der Waals surface area contributed by atoms with E-state index in [-0.39, 0.29) is 6.10 Å². The highest BCUT2D eigenvalue weighted by Gasteiger charge is 2.33. The average molecular weight is 233 g/mol. The molecule has 0 bridgehead atoms. The molecular weight excluding hydrogens is 222 g/mol. The van der Waals surface area contributed by atoms with Gasteiger partial charge in [-0.25, -0.2) is 14.8 Å². The van der Waals surface area contributed by atoms with Crippen molar-refractivity contribution in [2.75, 3.05) is 0 Å². The molecule has 6 nitrogen and oxygen atoms in total. The van der Waals surface area contributed by atoms with E-state index in [9.17, 15) is 4.79 Å². The Morgan fingerprint density at radius 3 is 3.12 bits per heavy atom. The van der Waals surface area contributed by atoms with Crippen molar-refractivity contribution in [3.63, 3.8) is 0 Å². The number of carboxylic acids is 1. The van der Waals surface area contributed by atoms with Crippen LogP contribution in [0.25, 0.3) is 11.2 Å². The molecule has 2 unspecified atom stereocenters. The number of aromatic nitrogens is 3. The van der Waals surface area contributed by atoms with E-state index >= 15 is 0 Å². The van der Waals surface area contributed by atoms with Gasteiger partial charge < -0.3 is 14.8 Å². The summed E-state index contributed by atoms with van der Waals surface area (Å²) in [5, 5.41) is 8.85. The molecule has 0 amide bonds. The van der Waals surface area contributed by atoms with Crippen molar-refractivity contribution in [1.82, 2.24) is 15.0 Å². The monoisotopic (exact) mass is 233 g/mol. The zero-order chi connectivity index (χ0) is 11.8. The van der Waals surface area contributed by atoms with Gasteiger partial charge in [-0.15, -0.1) is 0 Å². The largest absolute Gasteiger partial charge is 0.479 e. The quantitative estimate of drug-likeness (QED) is 0.815. The van der Waals surface area contributed by atoms with Gasteiger partial charge >= 0.3 is 5.97 Å². The minimum absolute atomic E-state index is 0.273. The predicted molar refractivity (Wildman–Crippen MR) is 58.4 cm³/mol. The van der Waals surface area contributed by atoms with Crippen molar-refractivity contribution in [1.29, 1.82) is 0 Å². The van der Waals surface area contributed by atoms with Crippen molar-refractivity contribution in [3.8, 4) is 0 Å². The Bertz CT molecular complexity index is 533. The van der Waals surface area contributed by atoms with E-state index in [4.69, 9.17) is 9.84 Å². The molecule has 88 valence electrons. The van der Waals surface area contributed by atoms with E-state index in [1.165, 1.54) is 0 Å². The van der Waals surface area contributed by atoms with E-state index in [2.05, 4.69) is 15.0 Å². The van der Waals surface area contributed by atoms with Gasteiger partial charge in [-0.3, -0.25) is 0 Å². The van der Waals surface area contributed by atoms with Crippen LogP contribution in [0.4, 0.5) is 0 Å². The number of imidazole rings is 1. The molecule has 0 aliphatic carbocycles. The molecule has 0 aromatic carbocycles. The average Bonchev–Trinajstić information content (AvgIpc) is 2.95. The lowest BCUT2D eigenvalue weighted by Gasteiger charge is -2.07. The molecule has 2 aromatic heterocycles. The van der Waals surface area contributed by atoms with Crippen LogP contribution in [0.1, 0.15) is 24.8 Å². The van der Waals surface area contributed by atoms with Crippen molar-refractivity contribution < 1.29 is 14.6 Å². The molecule has 1 aliphatic heterocycles. The lowest BCUT2D eigenvalue weighted by Crippen LogP contribution is -2.18. The van der Waals surface area contributed by atoms with Crippen LogP contribution in [0.5, 0.6) is 0 Å². The Morgan fingerprint density at radius 2 is 2.41 bits per heavy atom. The summed E-state index contributed by atoms with van der Waals surface area (Å²) in [4.78, 5) is 22.3. The van der Waals surface area contributed by atoms with Gasteiger partial charge in [-0.2, -0.15) is 0 Å². The first-order chi connectivity index (χ1) is 8.24. The summed E-state index contributed by atoms with van der Waals surface area (Å²) in [6, 6.07) is 3.70. The lowest BCUT2D eigenvalue weighted by atomic mass is 10.2. The Morgan fingerprint density at radius 1 is 1.53 bits per heavy atom. The van der Waals surface area contributed by atoms with Gasteiger partial charge in [-0.1, -0.05) is 0 Å². The number of carbonyl (C=O) groups is 1. The maximum absolute atomic E-state index is 10.8. The van der Waals surface area contributed by atoms with Crippen LogP contribution in [0.2, 0.25) is 0 Å². The smallest absolute Gasteiger partial charge is 0.332 e. The number of rotatable bonds is 2. The van der Waals surface area contributed by atoms with Crippen molar-refractivity contribution in [3.05, 3.63) is 24.2 Å². The van der Waals surface area contributed by atoms with Crippen molar-refractivity contribution in [2.24, 2.45) is 0 Å². The summed E-state index contributed by atoms with van der Waals surface area (Å²) in [5.41, 5.74) is 1.47. The molecule has 1 aliphatic rings. The first-order valence-electron chi connectivity index (χ1n) is 5.43. The molecular formula is C11H11N3O3. The third kappa shape index (κ3) is 1.76. The fourth-order valence-electron chi connectivity index (χ4n) is 2.04. The van der Waals surface area contributed by atoms with E-state index in [1.54, 1.807) is 6.20 Å². The minimum Gasteiger partial charge on any atom is -0.479 e. The van der Waals surface area contributed by atoms with Gasteiger partial charge in [0.25, 0.3) is 0 Å². The number of aromatic amines is 1. The number of aliphatic carboxylic acids is 1. The van der Waals surface area contributed by atoms with Crippen LogP contribution in [-0.4, -0.2) is 32.1 Å². The summed E-state index contributed by atoms with van der Waals surface area (Å²) in [6.45, 7) is 0. The number of H-pyrrole nitrogens is 1. The highest BCUT2D eigenvalue weighted by Crippen LogP contribution is 2.31. The molecule has 6 heteroatoms. The fraction of sp³-hybridized carbons (Fsp3) is 0.364. The molecule has 2 atom stereocenters. The zero-order valence-electron chi connectivity index (χ0n) is 8.96. The van der Waals surface area contributed by atoms with Gasteiger partial charge in [0.1, 0.15) is 11.9 Å². The van der Waals surface area contributed by atoms with Gasteiger partial charge in [0.05, 0.1) is 5.52 Å². The molecule has 0 radical (unpaired) electrons. The predicted octanol–water partition coefficient (Wildman–Crippen LogP) is 1.26. The summed E-state index contributed by atoms with van der Waals surface area (Å²) >= 11 is 0. The highest BCUT2D eigenvalue weighted by molar-refractivity contribution is 5.73. The maximum Gasteiger partial charge on any atom is 0.332 e. The maximum atomic E-state index is 10.8. The highest BCUT2D eigenvalue weighted by atomic mass is 16.5. The number of fused-ring (bicyclic) bond motifs is 1. The first kappa shape index (κ1) is 10.2. The lowest BCUT2D eigenvalue weighted by molar-refractivity contribution is -0.149. The second kappa shape index (κ2) is 3.81. The number of pyridine rings is 1. The fourth-order valence-corrected chi connectivity index (χ4v) is 2.04. The Balaban J connectivity index is 1.87. The van der Waals surface area contributed by atoms with Crippen LogP contribution in [0.3, 0.4) is 0 Å². The topological polar surface area (TPSA) is 88.1 Å². The number of nitrogens with one attached hydrogen (secondary N) is 1. The number of ether oxygens (including phenoxy) is 1. The Kier molecular flexibility index (Phi) is 2.29. The normalized spacial score (nSPS) is 24.2. The number of hydrogen-bond donors (Lipinski definition) is 2. The molecule has 0 spiro atoms. The second-order valence-electron chi connectivity index (χ2n) is 4.03. The van der Waals surface area contributed by atoms with E-state index in [1.807, 2.05) is 12.1 Å². The van der Waals surface area contributed by atoms with Crippen LogP contribution < -0.4 is 0 Å². The van der Waals surface area contributed by atoms with Crippen LogP contribution in [0, 0.1) is 0 Å². The summed E-state index contributed by atoms with van der Waals surface area (Å²) in [6.07, 6.45) is 1.86. The number of carboxylic acid groups (broad SMARTS) is 1. The molecule has 2 aromatic rings. The van der Waals surface area contributed by atoms with E-state index < -0.39 is 12.1 Å². The Labute approximate surface area is 96.6 Å². The zero-order valence-corrected chi connectivity index (χ0v) is 8.96. The van der Waals surface area contributed by atoms with Crippen molar-refractivity contribution in [2.45, 2.75) is 25.0 Å². The summed E-state index contributed by atoms with van der Waals surface area (Å²) < 4.78 is 5.42. The molecule has 1 fully saturated rings. The number of hydrogen-bond acceptors (Lipinski definition) is 4. The van der Waals surface area contributed by atoms with Crippen molar-refractivity contribution >= 4 is 17.1 Å². The standard InChI is InChI=1S/C11H11N3O3/c15-11(16)8-4-3-7(17-8)10-13-6-2-1-5-12-9(6)14-10/h1-2,5,7-8H,3-4H2,(H,15,16)(H,12,13,14). The third-order valence-corrected chi connectivity index (χ3v) is 2.88. The minimum atomic E-state index is -0.915. The Hall–Kier alpha value is -1.95.